The Labute approximate surface area is 86.5 Å². The van der Waals surface area contributed by atoms with E-state index in [1.165, 1.54) is 12.5 Å². The van der Waals surface area contributed by atoms with Crippen LogP contribution in [0.4, 0.5) is 13.2 Å². The van der Waals surface area contributed by atoms with Crippen molar-refractivity contribution in [2.75, 3.05) is 5.75 Å². The van der Waals surface area contributed by atoms with Crippen molar-refractivity contribution in [1.29, 1.82) is 0 Å². The zero-order valence-corrected chi connectivity index (χ0v) is 8.01. The molecule has 0 aliphatic heterocycles. The van der Waals surface area contributed by atoms with Crippen molar-refractivity contribution in [1.82, 2.24) is 4.98 Å². The molecular weight excluding hydrogens is 235 g/mol. The van der Waals surface area contributed by atoms with Crippen LogP contribution >= 0.6 is 11.8 Å². The Morgan fingerprint density at radius 2 is 2.33 bits per heavy atom. The third kappa shape index (κ3) is 3.46. The van der Waals surface area contributed by atoms with Gasteiger partial charge in [-0.15, -0.1) is 0 Å². The van der Waals surface area contributed by atoms with Crippen LogP contribution < -0.4 is 0 Å². The van der Waals surface area contributed by atoms with Crippen LogP contribution in [-0.4, -0.2) is 28.0 Å². The van der Waals surface area contributed by atoms with Crippen molar-refractivity contribution in [2.24, 2.45) is 5.92 Å². The number of carbonyl (C=O) groups is 1. The van der Waals surface area contributed by atoms with Crippen LogP contribution in [0.3, 0.4) is 0 Å². The van der Waals surface area contributed by atoms with Crippen molar-refractivity contribution >= 4 is 17.7 Å². The molecule has 0 aliphatic carbocycles. The maximum atomic E-state index is 12.2. The molecule has 1 rings (SSSR count). The summed E-state index contributed by atoms with van der Waals surface area (Å²) in [5.74, 6) is -4.96. The number of thioether (sulfide) groups is 1. The number of oxazole rings is 1. The summed E-state index contributed by atoms with van der Waals surface area (Å²) in [5.41, 5.74) is 0. The van der Waals surface area contributed by atoms with Crippen LogP contribution in [0.25, 0.3) is 0 Å². The number of hydrogen-bond donors (Lipinski definition) is 1. The molecule has 1 N–H and O–H groups in total. The zero-order chi connectivity index (χ0) is 11.5. The van der Waals surface area contributed by atoms with E-state index in [9.17, 15) is 18.0 Å². The Morgan fingerprint density at radius 1 is 1.67 bits per heavy atom. The van der Waals surface area contributed by atoms with Crippen LogP contribution in [0.5, 0.6) is 0 Å². The first-order chi connectivity index (χ1) is 6.91. The average Bonchev–Trinajstić information content (AvgIpc) is 2.53. The fourth-order valence-corrected chi connectivity index (χ4v) is 1.64. The average molecular weight is 241 g/mol. The molecule has 15 heavy (non-hydrogen) atoms. The molecule has 0 bridgehead atoms. The van der Waals surface area contributed by atoms with Crippen LogP contribution in [0.2, 0.25) is 0 Å². The van der Waals surface area contributed by atoms with E-state index < -0.39 is 23.8 Å². The van der Waals surface area contributed by atoms with E-state index in [1.54, 1.807) is 0 Å². The fraction of sp³-hybridized carbons (Fsp3) is 0.429. The van der Waals surface area contributed by atoms with Crippen molar-refractivity contribution in [2.45, 2.75) is 11.4 Å². The summed E-state index contributed by atoms with van der Waals surface area (Å²) in [6, 6.07) is 0. The standard InChI is InChI=1S/C7H6F3NO3S/c8-7(9,10)4(5(12)13)3-15-6-11-1-2-14-6/h1-2,4H,3H2,(H,12,13). The highest BCUT2D eigenvalue weighted by molar-refractivity contribution is 7.99. The van der Waals surface area contributed by atoms with E-state index in [4.69, 9.17) is 5.11 Å². The Hall–Kier alpha value is -1.18. The van der Waals surface area contributed by atoms with Gasteiger partial charge in [0, 0.05) is 5.75 Å². The van der Waals surface area contributed by atoms with Crippen molar-refractivity contribution in [3.63, 3.8) is 0 Å². The number of halogens is 3. The van der Waals surface area contributed by atoms with Crippen molar-refractivity contribution < 1.29 is 27.5 Å². The summed E-state index contributed by atoms with van der Waals surface area (Å²) in [7, 11) is 0. The van der Waals surface area contributed by atoms with Gasteiger partial charge in [-0.05, 0) is 0 Å². The summed E-state index contributed by atoms with van der Waals surface area (Å²) in [4.78, 5) is 13.9. The second kappa shape index (κ2) is 4.56. The van der Waals surface area contributed by atoms with Crippen LogP contribution in [-0.2, 0) is 4.79 Å². The second-order valence-corrected chi connectivity index (χ2v) is 3.51. The molecule has 0 spiro atoms. The van der Waals surface area contributed by atoms with E-state index in [0.29, 0.717) is 11.8 Å². The van der Waals surface area contributed by atoms with Gasteiger partial charge in [0.05, 0.1) is 6.20 Å². The van der Waals surface area contributed by atoms with Gasteiger partial charge in [0.2, 0.25) is 0 Å². The van der Waals surface area contributed by atoms with Crippen molar-refractivity contribution in [3.05, 3.63) is 12.5 Å². The highest BCUT2D eigenvalue weighted by Crippen LogP contribution is 2.31. The number of carboxylic acids is 1. The van der Waals surface area contributed by atoms with E-state index in [2.05, 4.69) is 9.40 Å². The van der Waals surface area contributed by atoms with Gasteiger partial charge in [0.15, 0.2) is 5.92 Å². The molecule has 0 saturated carbocycles. The van der Waals surface area contributed by atoms with Crippen molar-refractivity contribution in [3.8, 4) is 0 Å². The topological polar surface area (TPSA) is 63.3 Å². The normalized spacial score (nSPS) is 13.8. The second-order valence-electron chi connectivity index (χ2n) is 2.54. The first-order valence-corrected chi connectivity index (χ1v) is 4.71. The number of aromatic nitrogens is 1. The Kier molecular flexibility index (Phi) is 3.61. The predicted octanol–water partition coefficient (Wildman–Crippen LogP) is 2.03. The molecule has 0 amide bonds. The van der Waals surface area contributed by atoms with Gasteiger partial charge in [-0.25, -0.2) is 4.98 Å². The fourth-order valence-electron chi connectivity index (χ4n) is 0.742. The highest BCUT2D eigenvalue weighted by atomic mass is 32.2. The Bertz CT molecular complexity index is 325. The van der Waals surface area contributed by atoms with E-state index in [1.807, 2.05) is 0 Å². The lowest BCUT2D eigenvalue weighted by molar-refractivity contribution is -0.188. The minimum atomic E-state index is -4.76. The van der Waals surface area contributed by atoms with Crippen LogP contribution in [0.15, 0.2) is 22.1 Å². The van der Waals surface area contributed by atoms with Gasteiger partial charge in [0.25, 0.3) is 5.22 Å². The first-order valence-electron chi connectivity index (χ1n) is 3.73. The predicted molar refractivity (Wildman–Crippen MR) is 44.4 cm³/mol. The molecule has 4 nitrogen and oxygen atoms in total. The smallest absolute Gasteiger partial charge is 0.403 e. The molecule has 0 aliphatic rings. The summed E-state index contributed by atoms with van der Waals surface area (Å²) in [6.07, 6.45) is -2.29. The molecule has 0 fully saturated rings. The molecule has 0 radical (unpaired) electrons. The number of rotatable bonds is 4. The lowest BCUT2D eigenvalue weighted by Gasteiger charge is -2.14. The number of nitrogens with zero attached hydrogens (tertiary/aromatic N) is 1. The molecular formula is C7H6F3NO3S. The molecule has 0 aromatic carbocycles. The molecule has 1 heterocycles. The van der Waals surface area contributed by atoms with Gasteiger partial charge >= 0.3 is 12.1 Å². The molecule has 1 aromatic heterocycles. The Morgan fingerprint density at radius 3 is 2.73 bits per heavy atom. The van der Waals surface area contributed by atoms with Crippen LogP contribution in [0, 0.1) is 5.92 Å². The first kappa shape index (κ1) is 11.9. The van der Waals surface area contributed by atoms with Gasteiger partial charge in [-0.3, -0.25) is 4.79 Å². The minimum Gasteiger partial charge on any atom is -0.481 e. The molecule has 0 saturated heterocycles. The molecule has 1 unspecified atom stereocenters. The number of alkyl halides is 3. The minimum absolute atomic E-state index is 0.0190. The summed E-state index contributed by atoms with van der Waals surface area (Å²) in [6.45, 7) is 0. The summed E-state index contributed by atoms with van der Waals surface area (Å²) >= 11 is 0.612. The summed E-state index contributed by atoms with van der Waals surface area (Å²) in [5, 5.41) is 8.37. The molecule has 1 atom stereocenters. The third-order valence-electron chi connectivity index (χ3n) is 1.48. The van der Waals surface area contributed by atoms with E-state index >= 15 is 0 Å². The number of hydrogen-bond acceptors (Lipinski definition) is 4. The molecule has 1 aromatic rings. The van der Waals surface area contributed by atoms with Gasteiger partial charge in [-0.1, -0.05) is 11.8 Å². The van der Waals surface area contributed by atoms with Gasteiger partial charge in [-0.2, -0.15) is 13.2 Å². The monoisotopic (exact) mass is 241 g/mol. The number of carboxylic acid groups (broad SMARTS) is 1. The van der Waals surface area contributed by atoms with Gasteiger partial charge < -0.3 is 9.52 Å². The highest BCUT2D eigenvalue weighted by Gasteiger charge is 2.45. The maximum absolute atomic E-state index is 12.2. The Balaban J connectivity index is 2.57. The summed E-state index contributed by atoms with van der Waals surface area (Å²) < 4.78 is 41.1. The maximum Gasteiger partial charge on any atom is 0.403 e. The quantitative estimate of drug-likeness (QED) is 0.817. The SMILES string of the molecule is O=C(O)C(CSc1ncco1)C(F)(F)F. The number of aliphatic carboxylic acids is 1. The lowest BCUT2D eigenvalue weighted by atomic mass is 10.2. The molecule has 8 heteroatoms. The third-order valence-corrected chi connectivity index (χ3v) is 2.42. The molecule has 84 valence electrons. The van der Waals surface area contributed by atoms with Crippen LogP contribution in [0.1, 0.15) is 0 Å². The lowest BCUT2D eigenvalue weighted by Crippen LogP contribution is -2.32. The van der Waals surface area contributed by atoms with E-state index in [-0.39, 0.29) is 5.22 Å². The van der Waals surface area contributed by atoms with Gasteiger partial charge in [0.1, 0.15) is 6.26 Å². The van der Waals surface area contributed by atoms with E-state index in [0.717, 1.165) is 0 Å². The largest absolute Gasteiger partial charge is 0.481 e. The zero-order valence-electron chi connectivity index (χ0n) is 7.19.